The summed E-state index contributed by atoms with van der Waals surface area (Å²) in [4.78, 5) is 9.51. The molecular weight excluding hydrogens is 446 g/mol. The second-order valence-corrected chi connectivity index (χ2v) is 10.6. The highest BCUT2D eigenvalue weighted by Crippen LogP contribution is 2.69. The first-order chi connectivity index (χ1) is 16.7. The van der Waals surface area contributed by atoms with Gasteiger partial charge in [0.15, 0.2) is 5.82 Å². The van der Waals surface area contributed by atoms with Gasteiger partial charge in [-0.1, -0.05) is 33.8 Å². The van der Waals surface area contributed by atoms with Crippen LogP contribution in [0.5, 0.6) is 0 Å². The third-order valence-corrected chi connectivity index (χ3v) is 8.27. The van der Waals surface area contributed by atoms with Crippen molar-refractivity contribution in [3.05, 3.63) is 70.9 Å². The van der Waals surface area contributed by atoms with Crippen LogP contribution in [0.3, 0.4) is 0 Å². The lowest BCUT2D eigenvalue weighted by Gasteiger charge is -2.37. The Balaban J connectivity index is 1.45. The quantitative estimate of drug-likeness (QED) is 0.494. The molecule has 2 bridgehead atoms. The predicted molar refractivity (Wildman–Crippen MR) is 129 cm³/mol. The molecule has 1 fully saturated rings. The fraction of sp³-hybridized carbons (Fsp3) is 0.407. The van der Waals surface area contributed by atoms with E-state index in [4.69, 9.17) is 4.98 Å². The lowest BCUT2D eigenvalue weighted by molar-refractivity contribution is 0.242. The SMILES string of the molecule is CC(C)C1=NN=C(c2nccc([C@@]34CC[C@@H](c5cc(-c6c(F)cccc6F)nnc53)C4(C)C)n2)C1. The standard InChI is InChI=1S/C27H26F2N6/c1-14(2)19-13-21(34-32-19)25-30-11-9-22(31-25)27-10-8-16(26(27,3)4)15-12-20(33-35-24(15)27)23-17(28)6-5-7-18(23)29/h5-7,9,11-12,14,16H,8,10,13H2,1-4H3/t16-,27-/m0/s1. The van der Waals surface area contributed by atoms with E-state index in [1.54, 1.807) is 6.20 Å². The minimum absolute atomic E-state index is 0.137. The van der Waals surface area contributed by atoms with E-state index in [-0.39, 0.29) is 22.6 Å². The fourth-order valence-corrected chi connectivity index (χ4v) is 6.30. The molecule has 1 saturated carbocycles. The Labute approximate surface area is 202 Å². The molecule has 35 heavy (non-hydrogen) atoms. The summed E-state index contributed by atoms with van der Waals surface area (Å²) in [5, 5.41) is 17.6. The predicted octanol–water partition coefficient (Wildman–Crippen LogP) is 5.62. The summed E-state index contributed by atoms with van der Waals surface area (Å²) >= 11 is 0. The Morgan fingerprint density at radius 1 is 1.03 bits per heavy atom. The maximum absolute atomic E-state index is 14.5. The highest BCUT2D eigenvalue weighted by molar-refractivity contribution is 6.14. The molecule has 2 aliphatic carbocycles. The van der Waals surface area contributed by atoms with Gasteiger partial charge in [0.05, 0.1) is 28.1 Å². The van der Waals surface area contributed by atoms with Crippen molar-refractivity contribution >= 4 is 11.4 Å². The van der Waals surface area contributed by atoms with Gasteiger partial charge in [-0.05, 0) is 59.9 Å². The van der Waals surface area contributed by atoms with E-state index >= 15 is 0 Å². The maximum Gasteiger partial charge on any atom is 0.176 e. The van der Waals surface area contributed by atoms with Gasteiger partial charge in [-0.2, -0.15) is 15.3 Å². The van der Waals surface area contributed by atoms with Gasteiger partial charge in [0, 0.05) is 18.3 Å². The molecule has 1 aliphatic heterocycles. The van der Waals surface area contributed by atoms with Crippen molar-refractivity contribution in [3.8, 4) is 11.3 Å². The molecule has 6 nitrogen and oxygen atoms in total. The van der Waals surface area contributed by atoms with Gasteiger partial charge in [0.25, 0.3) is 0 Å². The number of hydrogen-bond acceptors (Lipinski definition) is 6. The molecule has 0 N–H and O–H groups in total. The molecule has 2 aromatic heterocycles. The summed E-state index contributed by atoms with van der Waals surface area (Å²) in [6.07, 6.45) is 4.23. The molecule has 0 spiro atoms. The molecule has 2 atom stereocenters. The van der Waals surface area contributed by atoms with Gasteiger partial charge in [0.2, 0.25) is 0 Å². The average Bonchev–Trinajstić information content (AvgIpc) is 3.48. The minimum Gasteiger partial charge on any atom is -0.235 e. The van der Waals surface area contributed by atoms with Crippen LogP contribution in [0.25, 0.3) is 11.3 Å². The van der Waals surface area contributed by atoms with Crippen LogP contribution in [0.2, 0.25) is 0 Å². The van der Waals surface area contributed by atoms with Crippen LogP contribution < -0.4 is 0 Å². The van der Waals surface area contributed by atoms with Crippen LogP contribution in [0.15, 0.2) is 46.7 Å². The molecule has 3 aromatic rings. The second-order valence-electron chi connectivity index (χ2n) is 10.6. The molecule has 0 radical (unpaired) electrons. The Morgan fingerprint density at radius 2 is 1.80 bits per heavy atom. The zero-order valence-corrected chi connectivity index (χ0v) is 20.2. The third-order valence-electron chi connectivity index (χ3n) is 8.27. The number of benzene rings is 1. The van der Waals surface area contributed by atoms with E-state index < -0.39 is 17.0 Å². The molecule has 1 aromatic carbocycles. The monoisotopic (exact) mass is 472 g/mol. The smallest absolute Gasteiger partial charge is 0.176 e. The highest BCUT2D eigenvalue weighted by atomic mass is 19.1. The number of fused-ring (bicyclic) bond motifs is 5. The molecule has 3 aliphatic rings. The molecule has 3 heterocycles. The summed E-state index contributed by atoms with van der Waals surface area (Å²) in [5.41, 5.74) is 3.93. The molecule has 6 rings (SSSR count). The summed E-state index contributed by atoms with van der Waals surface area (Å²) < 4.78 is 29.0. The van der Waals surface area contributed by atoms with E-state index in [2.05, 4.69) is 53.1 Å². The normalized spacial score (nSPS) is 24.0. The van der Waals surface area contributed by atoms with Crippen LogP contribution in [0, 0.1) is 23.0 Å². The van der Waals surface area contributed by atoms with Crippen molar-refractivity contribution in [2.24, 2.45) is 21.5 Å². The fourth-order valence-electron chi connectivity index (χ4n) is 6.30. The van der Waals surface area contributed by atoms with Crippen molar-refractivity contribution in [2.45, 2.75) is 58.3 Å². The van der Waals surface area contributed by atoms with E-state index in [1.807, 2.05) is 12.1 Å². The topological polar surface area (TPSA) is 76.3 Å². The second kappa shape index (κ2) is 7.54. The number of hydrogen-bond donors (Lipinski definition) is 0. The van der Waals surface area contributed by atoms with E-state index in [9.17, 15) is 8.78 Å². The Hall–Kier alpha value is -3.42. The van der Waals surface area contributed by atoms with Crippen LogP contribution in [-0.2, 0) is 5.41 Å². The van der Waals surface area contributed by atoms with Crippen LogP contribution in [-0.4, -0.2) is 31.6 Å². The Kier molecular flexibility index (Phi) is 4.75. The molecule has 8 heteroatoms. The van der Waals surface area contributed by atoms with Crippen molar-refractivity contribution in [2.75, 3.05) is 0 Å². The van der Waals surface area contributed by atoms with Crippen molar-refractivity contribution in [1.82, 2.24) is 20.2 Å². The first kappa shape index (κ1) is 22.1. The molecular formula is C27H26F2N6. The lowest BCUT2D eigenvalue weighted by atomic mass is 9.66. The van der Waals surface area contributed by atoms with Gasteiger partial charge in [-0.15, -0.1) is 5.10 Å². The van der Waals surface area contributed by atoms with Gasteiger partial charge in [-0.3, -0.25) is 0 Å². The first-order valence-corrected chi connectivity index (χ1v) is 12.0. The van der Waals surface area contributed by atoms with E-state index in [0.717, 1.165) is 41.2 Å². The molecule has 178 valence electrons. The van der Waals surface area contributed by atoms with E-state index in [0.29, 0.717) is 18.2 Å². The van der Waals surface area contributed by atoms with Crippen LogP contribution in [0.1, 0.15) is 75.7 Å². The van der Waals surface area contributed by atoms with Crippen molar-refractivity contribution in [3.63, 3.8) is 0 Å². The Bertz CT molecular complexity index is 1410. The lowest BCUT2D eigenvalue weighted by Crippen LogP contribution is -2.38. The molecule has 0 amide bonds. The minimum atomic E-state index is -0.642. The third kappa shape index (κ3) is 2.98. The van der Waals surface area contributed by atoms with Gasteiger partial charge < -0.3 is 0 Å². The first-order valence-electron chi connectivity index (χ1n) is 12.0. The number of halogens is 2. The van der Waals surface area contributed by atoms with Gasteiger partial charge >= 0.3 is 0 Å². The highest BCUT2D eigenvalue weighted by Gasteiger charge is 2.65. The van der Waals surface area contributed by atoms with Gasteiger partial charge in [-0.25, -0.2) is 18.7 Å². The van der Waals surface area contributed by atoms with Crippen molar-refractivity contribution < 1.29 is 8.78 Å². The average molecular weight is 473 g/mol. The van der Waals surface area contributed by atoms with E-state index in [1.165, 1.54) is 18.2 Å². The Morgan fingerprint density at radius 3 is 2.51 bits per heavy atom. The summed E-state index contributed by atoms with van der Waals surface area (Å²) in [6, 6.07) is 7.62. The summed E-state index contributed by atoms with van der Waals surface area (Å²) in [5.74, 6) is -0.200. The number of aromatic nitrogens is 4. The number of rotatable bonds is 4. The zero-order valence-electron chi connectivity index (χ0n) is 20.2. The summed E-state index contributed by atoms with van der Waals surface area (Å²) in [6.45, 7) is 8.66. The van der Waals surface area contributed by atoms with Crippen LogP contribution in [0.4, 0.5) is 8.78 Å². The molecule has 0 unspecified atom stereocenters. The zero-order chi connectivity index (χ0) is 24.5. The van der Waals surface area contributed by atoms with Gasteiger partial charge in [0.1, 0.15) is 17.3 Å². The summed E-state index contributed by atoms with van der Waals surface area (Å²) in [7, 11) is 0. The van der Waals surface area contributed by atoms with Crippen molar-refractivity contribution in [1.29, 1.82) is 0 Å². The maximum atomic E-state index is 14.5. The van der Waals surface area contributed by atoms with Crippen LogP contribution >= 0.6 is 0 Å². The molecule has 0 saturated heterocycles. The number of nitrogens with zero attached hydrogens (tertiary/aromatic N) is 6. The largest absolute Gasteiger partial charge is 0.235 e.